The van der Waals surface area contributed by atoms with E-state index in [9.17, 15) is 8.78 Å². The molecule has 0 saturated heterocycles. The number of rotatable bonds is 3. The number of anilines is 1. The highest BCUT2D eigenvalue weighted by atomic mass is 19.1. The van der Waals surface area contributed by atoms with Gasteiger partial charge in [-0.3, -0.25) is 0 Å². The van der Waals surface area contributed by atoms with Crippen molar-refractivity contribution in [2.45, 2.75) is 0 Å². The summed E-state index contributed by atoms with van der Waals surface area (Å²) in [5.41, 5.74) is 7.41. The van der Waals surface area contributed by atoms with Crippen molar-refractivity contribution in [3.05, 3.63) is 66.7 Å². The van der Waals surface area contributed by atoms with Crippen LogP contribution in [0.1, 0.15) is 0 Å². The fourth-order valence-electron chi connectivity index (χ4n) is 2.47. The van der Waals surface area contributed by atoms with E-state index < -0.39 is 5.82 Å². The first-order chi connectivity index (χ1) is 12.1. The average molecular weight is 339 g/mol. The summed E-state index contributed by atoms with van der Waals surface area (Å²) in [7, 11) is 0. The zero-order chi connectivity index (χ0) is 17.4. The summed E-state index contributed by atoms with van der Waals surface area (Å²) in [6, 6.07) is 9.95. The summed E-state index contributed by atoms with van der Waals surface area (Å²) < 4.78 is 38.2. The van der Waals surface area contributed by atoms with Crippen LogP contribution in [0.2, 0.25) is 0 Å². The molecule has 2 aromatic carbocycles. The van der Waals surface area contributed by atoms with E-state index in [-0.39, 0.29) is 28.8 Å². The van der Waals surface area contributed by atoms with Gasteiger partial charge in [0.1, 0.15) is 23.8 Å². The van der Waals surface area contributed by atoms with Gasteiger partial charge in [0.25, 0.3) is 0 Å². The number of nitrogen functional groups attached to an aromatic ring is 1. The second-order valence-corrected chi connectivity index (χ2v) is 5.31. The molecule has 0 saturated carbocycles. The fourth-order valence-corrected chi connectivity index (χ4v) is 2.47. The lowest BCUT2D eigenvalue weighted by atomic mass is 10.1. The molecule has 7 heteroatoms. The zero-order valence-corrected chi connectivity index (χ0v) is 12.7. The molecule has 0 unspecified atom stereocenters. The largest absolute Gasteiger partial charge is 0.445 e. The second kappa shape index (κ2) is 5.86. The first-order valence-electron chi connectivity index (χ1n) is 7.33. The van der Waals surface area contributed by atoms with Crippen molar-refractivity contribution < 1.29 is 17.9 Å². The molecule has 2 N–H and O–H groups in total. The van der Waals surface area contributed by atoms with E-state index in [1.807, 2.05) is 0 Å². The fraction of sp³-hybridized carbons (Fsp3) is 0. The SMILES string of the molecule is Nc1ccc(Oc2ncnc3occ(-c4ccc(F)cc4)c23)c(F)c1. The Balaban J connectivity index is 1.84. The minimum atomic E-state index is -0.612. The van der Waals surface area contributed by atoms with Gasteiger partial charge < -0.3 is 14.9 Å². The van der Waals surface area contributed by atoms with Crippen molar-refractivity contribution in [3.63, 3.8) is 0 Å². The number of hydrogen-bond acceptors (Lipinski definition) is 5. The average Bonchev–Trinajstić information content (AvgIpc) is 3.03. The Morgan fingerprint density at radius 3 is 2.56 bits per heavy atom. The summed E-state index contributed by atoms with van der Waals surface area (Å²) in [6.07, 6.45) is 2.73. The van der Waals surface area contributed by atoms with Crippen LogP contribution < -0.4 is 10.5 Å². The smallest absolute Gasteiger partial charge is 0.234 e. The molecule has 0 aliphatic rings. The maximum Gasteiger partial charge on any atom is 0.234 e. The van der Waals surface area contributed by atoms with E-state index in [2.05, 4.69) is 9.97 Å². The summed E-state index contributed by atoms with van der Waals surface area (Å²) in [5.74, 6) is -0.867. The molecule has 4 rings (SSSR count). The van der Waals surface area contributed by atoms with Crippen LogP contribution in [-0.2, 0) is 0 Å². The maximum absolute atomic E-state index is 14.0. The quantitative estimate of drug-likeness (QED) is 0.555. The Morgan fingerprint density at radius 2 is 1.80 bits per heavy atom. The Morgan fingerprint density at radius 1 is 1.00 bits per heavy atom. The van der Waals surface area contributed by atoms with Crippen LogP contribution >= 0.6 is 0 Å². The normalized spacial score (nSPS) is 11.0. The number of hydrogen-bond donors (Lipinski definition) is 1. The Kier molecular flexibility index (Phi) is 3.53. The lowest BCUT2D eigenvalue weighted by molar-refractivity contribution is 0.431. The minimum absolute atomic E-state index is 0.0274. The molecule has 25 heavy (non-hydrogen) atoms. The van der Waals surface area contributed by atoms with Gasteiger partial charge in [-0.25, -0.2) is 18.7 Å². The van der Waals surface area contributed by atoms with E-state index in [1.165, 1.54) is 36.9 Å². The van der Waals surface area contributed by atoms with Crippen LogP contribution in [0.5, 0.6) is 11.6 Å². The van der Waals surface area contributed by atoms with Crippen molar-refractivity contribution in [1.29, 1.82) is 0 Å². The number of furan rings is 1. The van der Waals surface area contributed by atoms with Gasteiger partial charge >= 0.3 is 0 Å². The number of benzene rings is 2. The molecule has 0 fully saturated rings. The van der Waals surface area contributed by atoms with Crippen molar-refractivity contribution >= 4 is 16.8 Å². The third kappa shape index (κ3) is 2.76. The van der Waals surface area contributed by atoms with Crippen LogP contribution in [0.15, 0.2) is 59.5 Å². The predicted octanol–water partition coefficient (Wildman–Crippen LogP) is 4.54. The van der Waals surface area contributed by atoms with Gasteiger partial charge in [0.2, 0.25) is 11.6 Å². The summed E-state index contributed by atoms with van der Waals surface area (Å²) in [4.78, 5) is 8.11. The van der Waals surface area contributed by atoms with E-state index >= 15 is 0 Å². The second-order valence-electron chi connectivity index (χ2n) is 5.31. The van der Waals surface area contributed by atoms with E-state index in [0.29, 0.717) is 16.5 Å². The number of fused-ring (bicyclic) bond motifs is 1. The highest BCUT2D eigenvalue weighted by Crippen LogP contribution is 2.37. The molecule has 0 bridgehead atoms. The predicted molar refractivity (Wildman–Crippen MR) is 88.1 cm³/mol. The van der Waals surface area contributed by atoms with Gasteiger partial charge in [0.15, 0.2) is 11.6 Å². The number of nitrogens with two attached hydrogens (primary N) is 1. The number of halogens is 2. The van der Waals surface area contributed by atoms with Crippen molar-refractivity contribution in [3.8, 4) is 22.8 Å². The molecular weight excluding hydrogens is 328 g/mol. The molecule has 4 aromatic rings. The van der Waals surface area contributed by atoms with Gasteiger partial charge in [-0.1, -0.05) is 12.1 Å². The standard InChI is InChI=1S/C18H11F2N3O2/c19-11-3-1-10(2-4-11)13-8-24-17-16(13)18(23-9-22-17)25-15-6-5-12(21)7-14(15)20/h1-9H,21H2. The van der Waals surface area contributed by atoms with Crippen molar-refractivity contribution in [2.24, 2.45) is 0 Å². The molecule has 0 amide bonds. The van der Waals surface area contributed by atoms with Crippen molar-refractivity contribution in [1.82, 2.24) is 9.97 Å². The third-order valence-electron chi connectivity index (χ3n) is 3.65. The van der Waals surface area contributed by atoms with E-state index in [0.717, 1.165) is 6.07 Å². The molecule has 0 atom stereocenters. The lowest BCUT2D eigenvalue weighted by Crippen LogP contribution is -1.94. The Bertz CT molecular complexity index is 1060. The highest BCUT2D eigenvalue weighted by Gasteiger charge is 2.17. The molecule has 0 radical (unpaired) electrons. The number of ether oxygens (including phenoxy) is 1. The molecule has 0 aliphatic heterocycles. The number of nitrogens with zero attached hydrogens (tertiary/aromatic N) is 2. The molecule has 0 aliphatic carbocycles. The lowest BCUT2D eigenvalue weighted by Gasteiger charge is -2.08. The maximum atomic E-state index is 14.0. The minimum Gasteiger partial charge on any atom is -0.445 e. The van der Waals surface area contributed by atoms with Crippen LogP contribution in [-0.4, -0.2) is 9.97 Å². The van der Waals surface area contributed by atoms with E-state index in [1.54, 1.807) is 12.1 Å². The molecule has 2 aromatic heterocycles. The number of aromatic nitrogens is 2. The van der Waals surface area contributed by atoms with Crippen molar-refractivity contribution in [2.75, 3.05) is 5.73 Å². The molecule has 124 valence electrons. The summed E-state index contributed by atoms with van der Waals surface area (Å²) in [6.45, 7) is 0. The van der Waals surface area contributed by atoms with Crippen LogP contribution in [0.25, 0.3) is 22.2 Å². The van der Waals surface area contributed by atoms with Crippen LogP contribution in [0, 0.1) is 11.6 Å². The Hall–Kier alpha value is -3.48. The third-order valence-corrected chi connectivity index (χ3v) is 3.65. The molecular formula is C18H11F2N3O2. The molecule has 0 spiro atoms. The van der Waals surface area contributed by atoms with Gasteiger partial charge in [0.05, 0.1) is 0 Å². The molecule has 5 nitrogen and oxygen atoms in total. The van der Waals surface area contributed by atoms with Gasteiger partial charge in [-0.15, -0.1) is 0 Å². The Labute approximate surface area is 140 Å². The molecule has 2 heterocycles. The van der Waals surface area contributed by atoms with Gasteiger partial charge in [0, 0.05) is 17.3 Å². The topological polar surface area (TPSA) is 74.2 Å². The van der Waals surface area contributed by atoms with Crippen LogP contribution in [0.3, 0.4) is 0 Å². The summed E-state index contributed by atoms with van der Waals surface area (Å²) in [5, 5.41) is 0.463. The van der Waals surface area contributed by atoms with Gasteiger partial charge in [-0.2, -0.15) is 0 Å². The van der Waals surface area contributed by atoms with E-state index in [4.69, 9.17) is 14.9 Å². The zero-order valence-electron chi connectivity index (χ0n) is 12.7. The first kappa shape index (κ1) is 15.1. The van der Waals surface area contributed by atoms with Crippen LogP contribution in [0.4, 0.5) is 14.5 Å². The monoisotopic (exact) mass is 339 g/mol. The summed E-state index contributed by atoms with van der Waals surface area (Å²) >= 11 is 0. The highest BCUT2D eigenvalue weighted by molar-refractivity contribution is 5.95. The van der Waals surface area contributed by atoms with Gasteiger partial charge in [-0.05, 0) is 29.8 Å². The first-order valence-corrected chi connectivity index (χ1v) is 7.33.